The fourth-order valence-corrected chi connectivity index (χ4v) is 1.41. The second-order valence-corrected chi connectivity index (χ2v) is 3.95. The molecular weight excluding hydrogens is 224 g/mol. The van der Waals surface area contributed by atoms with E-state index in [0.29, 0.717) is 0 Å². The smallest absolute Gasteiger partial charge is 0.320 e. The van der Waals surface area contributed by atoms with E-state index in [2.05, 4.69) is 0 Å². The number of hydrogen-bond acceptors (Lipinski definition) is 5. The summed E-state index contributed by atoms with van der Waals surface area (Å²) in [4.78, 5) is 35.0. The quantitative estimate of drug-likeness (QED) is 0.521. The van der Waals surface area contributed by atoms with Crippen molar-refractivity contribution in [3.8, 4) is 0 Å². The molecule has 0 saturated heterocycles. The van der Waals surface area contributed by atoms with Crippen molar-refractivity contribution in [1.29, 1.82) is 0 Å². The Morgan fingerprint density at radius 3 is 1.94 bits per heavy atom. The third kappa shape index (κ3) is 3.28. The van der Waals surface area contributed by atoms with Gasteiger partial charge in [0.15, 0.2) is 0 Å². The maximum atomic E-state index is 11.8. The molecule has 0 saturated carbocycles. The van der Waals surface area contributed by atoms with Crippen LogP contribution < -0.4 is 0 Å². The molecule has 0 amide bonds. The average molecular weight is 244 g/mol. The van der Waals surface area contributed by atoms with E-state index in [1.165, 1.54) is 20.8 Å². The van der Waals surface area contributed by atoms with E-state index in [9.17, 15) is 14.4 Å². The number of hydrogen-bond donors (Lipinski definition) is 0. The van der Waals surface area contributed by atoms with Crippen molar-refractivity contribution in [1.82, 2.24) is 0 Å². The Bertz CT molecular complexity index is 310. The predicted octanol–water partition coefficient (Wildman–Crippen LogP) is 1.34. The van der Waals surface area contributed by atoms with Crippen LogP contribution in [0.3, 0.4) is 0 Å². The van der Waals surface area contributed by atoms with Crippen molar-refractivity contribution in [2.24, 2.45) is 11.3 Å². The van der Waals surface area contributed by atoms with Gasteiger partial charge in [-0.2, -0.15) is 0 Å². The Kier molecular flexibility index (Phi) is 5.85. The van der Waals surface area contributed by atoms with Crippen LogP contribution >= 0.6 is 0 Å². The molecule has 2 atom stereocenters. The molecule has 0 aromatic heterocycles. The van der Waals surface area contributed by atoms with E-state index in [1.54, 1.807) is 13.8 Å². The second kappa shape index (κ2) is 6.37. The highest BCUT2D eigenvalue weighted by molar-refractivity contribution is 6.05. The molecule has 98 valence electrons. The van der Waals surface area contributed by atoms with E-state index in [1.807, 2.05) is 0 Å². The third-order valence-corrected chi connectivity index (χ3v) is 2.94. The van der Waals surface area contributed by atoms with Crippen molar-refractivity contribution in [3.05, 3.63) is 0 Å². The number of esters is 2. The summed E-state index contributed by atoms with van der Waals surface area (Å²) in [6.45, 7) is 7.86. The Morgan fingerprint density at radius 2 is 1.59 bits per heavy atom. The molecule has 0 rings (SSSR count). The number of rotatable bonds is 6. The Labute approximate surface area is 101 Å². The van der Waals surface area contributed by atoms with Gasteiger partial charge in [0, 0.05) is 0 Å². The summed E-state index contributed by atoms with van der Waals surface area (Å²) >= 11 is 0. The molecule has 0 bridgehead atoms. The number of Topliss-reactive ketones (excluding diaryl/α,β-unsaturated/α-hetero) is 1. The van der Waals surface area contributed by atoms with Crippen molar-refractivity contribution < 1.29 is 23.9 Å². The zero-order valence-corrected chi connectivity index (χ0v) is 11.0. The first-order chi connectivity index (χ1) is 7.82. The van der Waals surface area contributed by atoms with E-state index in [0.717, 1.165) is 0 Å². The molecule has 0 aliphatic heterocycles. The Morgan fingerprint density at radius 1 is 1.12 bits per heavy atom. The van der Waals surface area contributed by atoms with Gasteiger partial charge in [0.25, 0.3) is 0 Å². The molecule has 0 aliphatic rings. The minimum absolute atomic E-state index is 0.164. The fourth-order valence-electron chi connectivity index (χ4n) is 1.41. The molecule has 0 aliphatic carbocycles. The maximum Gasteiger partial charge on any atom is 0.320 e. The molecule has 0 heterocycles. The predicted molar refractivity (Wildman–Crippen MR) is 61.2 cm³/mol. The van der Waals surface area contributed by atoms with Crippen LogP contribution in [0.15, 0.2) is 0 Å². The summed E-state index contributed by atoms with van der Waals surface area (Å²) in [6.07, 6.45) is 0. The summed E-state index contributed by atoms with van der Waals surface area (Å²) in [5.74, 6) is -2.53. The second-order valence-electron chi connectivity index (χ2n) is 3.95. The zero-order chi connectivity index (χ0) is 13.6. The van der Waals surface area contributed by atoms with Crippen LogP contribution in [0, 0.1) is 11.3 Å². The number of carbonyl (C=O) groups is 3. The lowest BCUT2D eigenvalue weighted by Gasteiger charge is -2.29. The van der Waals surface area contributed by atoms with Crippen LogP contribution in [-0.4, -0.2) is 30.9 Å². The van der Waals surface area contributed by atoms with Crippen molar-refractivity contribution >= 4 is 17.7 Å². The summed E-state index contributed by atoms with van der Waals surface area (Å²) < 4.78 is 9.68. The highest BCUT2D eigenvalue weighted by atomic mass is 16.5. The van der Waals surface area contributed by atoms with Crippen molar-refractivity contribution in [2.75, 3.05) is 13.2 Å². The lowest BCUT2D eigenvalue weighted by Crippen LogP contribution is -2.45. The maximum absolute atomic E-state index is 11.8. The third-order valence-electron chi connectivity index (χ3n) is 2.94. The summed E-state index contributed by atoms with van der Waals surface area (Å²) in [5, 5.41) is 0. The van der Waals surface area contributed by atoms with Gasteiger partial charge in [0.05, 0.1) is 19.1 Å². The summed E-state index contributed by atoms with van der Waals surface area (Å²) in [6, 6.07) is 0. The Hall–Kier alpha value is -1.39. The molecule has 0 radical (unpaired) electrons. The van der Waals surface area contributed by atoms with E-state index in [4.69, 9.17) is 9.47 Å². The first kappa shape index (κ1) is 15.6. The van der Waals surface area contributed by atoms with Crippen LogP contribution in [0.1, 0.15) is 34.6 Å². The van der Waals surface area contributed by atoms with Crippen molar-refractivity contribution in [2.45, 2.75) is 34.6 Å². The first-order valence-corrected chi connectivity index (χ1v) is 5.67. The molecule has 0 aromatic carbocycles. The zero-order valence-electron chi connectivity index (χ0n) is 11.0. The van der Waals surface area contributed by atoms with E-state index >= 15 is 0 Å². The van der Waals surface area contributed by atoms with Gasteiger partial charge in [-0.05, 0) is 27.7 Å². The van der Waals surface area contributed by atoms with Crippen LogP contribution in [0.25, 0.3) is 0 Å². The Balaban J connectivity index is 5.13. The molecule has 0 fully saturated rings. The van der Waals surface area contributed by atoms with Gasteiger partial charge in [-0.1, -0.05) is 6.92 Å². The largest absolute Gasteiger partial charge is 0.466 e. The highest BCUT2D eigenvalue weighted by Gasteiger charge is 2.48. The lowest BCUT2D eigenvalue weighted by atomic mass is 9.75. The fraction of sp³-hybridized carbons (Fsp3) is 0.750. The normalized spacial score (nSPS) is 15.6. The van der Waals surface area contributed by atoms with Gasteiger partial charge >= 0.3 is 11.9 Å². The van der Waals surface area contributed by atoms with Gasteiger partial charge in [0.1, 0.15) is 11.2 Å². The van der Waals surface area contributed by atoms with Crippen LogP contribution in [0.2, 0.25) is 0 Å². The standard InChI is InChI=1S/C12H20O5/c1-6-16-10(14)8(3)12(5,9(4)13)11(15)17-7-2/h8H,6-7H2,1-5H3. The molecular formula is C12H20O5. The van der Waals surface area contributed by atoms with Gasteiger partial charge < -0.3 is 9.47 Å². The molecule has 0 N–H and O–H groups in total. The summed E-state index contributed by atoms with van der Waals surface area (Å²) in [5.41, 5.74) is -1.48. The first-order valence-electron chi connectivity index (χ1n) is 5.67. The monoisotopic (exact) mass is 244 g/mol. The van der Waals surface area contributed by atoms with Crippen LogP contribution in [0.4, 0.5) is 0 Å². The SMILES string of the molecule is CCOC(=O)C(C)C(C)(C(C)=O)C(=O)OCC. The summed E-state index contributed by atoms with van der Waals surface area (Å²) in [7, 11) is 0. The van der Waals surface area contributed by atoms with Gasteiger partial charge in [-0.25, -0.2) is 0 Å². The molecule has 2 unspecified atom stereocenters. The highest BCUT2D eigenvalue weighted by Crippen LogP contribution is 2.31. The van der Waals surface area contributed by atoms with Crippen LogP contribution in [0.5, 0.6) is 0 Å². The minimum atomic E-state index is -1.48. The molecule has 0 aromatic rings. The average Bonchev–Trinajstić information content (AvgIpc) is 2.27. The molecule has 5 nitrogen and oxygen atoms in total. The van der Waals surface area contributed by atoms with Gasteiger partial charge in [-0.15, -0.1) is 0 Å². The van der Waals surface area contributed by atoms with E-state index < -0.39 is 29.1 Å². The number of ether oxygens (including phenoxy) is 2. The van der Waals surface area contributed by atoms with E-state index in [-0.39, 0.29) is 13.2 Å². The van der Waals surface area contributed by atoms with Crippen molar-refractivity contribution in [3.63, 3.8) is 0 Å². The molecule has 0 spiro atoms. The van der Waals surface area contributed by atoms with Gasteiger partial charge in [-0.3, -0.25) is 14.4 Å². The minimum Gasteiger partial charge on any atom is -0.466 e. The van der Waals surface area contributed by atoms with Gasteiger partial charge in [0.2, 0.25) is 0 Å². The number of carbonyl (C=O) groups excluding carboxylic acids is 3. The topological polar surface area (TPSA) is 69.7 Å². The molecule has 17 heavy (non-hydrogen) atoms. The van der Waals surface area contributed by atoms with Crippen LogP contribution in [-0.2, 0) is 23.9 Å². The lowest BCUT2D eigenvalue weighted by molar-refractivity contribution is -0.170. The number of ketones is 1. The molecule has 5 heteroatoms.